The van der Waals surface area contributed by atoms with Crippen LogP contribution in [-0.2, 0) is 12.1 Å². The lowest BCUT2D eigenvalue weighted by Gasteiger charge is -2.33. The van der Waals surface area contributed by atoms with Crippen molar-refractivity contribution in [2.45, 2.75) is 18.5 Å². The van der Waals surface area contributed by atoms with E-state index in [0.717, 1.165) is 23.1 Å². The van der Waals surface area contributed by atoms with Crippen molar-refractivity contribution < 1.29 is 26.7 Å². The number of alkyl halides is 5. The molecule has 1 aromatic carbocycles. The van der Waals surface area contributed by atoms with Crippen LogP contribution in [0.3, 0.4) is 0 Å². The van der Waals surface area contributed by atoms with Gasteiger partial charge in [0, 0.05) is 18.5 Å². The number of fused-ring (bicyclic) bond motifs is 1. The number of rotatable bonds is 2. The minimum Gasteiger partial charge on any atom is -0.305 e. The third-order valence-electron chi connectivity index (χ3n) is 4.72. The first-order valence-electron chi connectivity index (χ1n) is 9.06. The molecule has 0 bridgehead atoms. The van der Waals surface area contributed by atoms with Crippen LogP contribution in [0.25, 0.3) is 11.3 Å². The number of carbonyl (C=O) groups excluding carboxylic acids is 1. The lowest BCUT2D eigenvalue weighted by Crippen LogP contribution is -2.43. The number of urea groups is 1. The second-order valence-corrected chi connectivity index (χ2v) is 6.81. The van der Waals surface area contributed by atoms with Gasteiger partial charge in [0.15, 0.2) is 0 Å². The Hall–Kier alpha value is -3.63. The lowest BCUT2D eigenvalue weighted by atomic mass is 9.99. The maximum Gasteiger partial charge on any atom is 0.416 e. The number of hydrogen-bond acceptors (Lipinski definition) is 4. The molecule has 0 atom stereocenters. The van der Waals surface area contributed by atoms with E-state index in [9.17, 15) is 26.7 Å². The highest BCUT2D eigenvalue weighted by atomic mass is 19.4. The summed E-state index contributed by atoms with van der Waals surface area (Å²) < 4.78 is 68.0. The first kappa shape index (κ1) is 20.6. The number of aromatic nitrogens is 3. The predicted octanol–water partition coefficient (Wildman–Crippen LogP) is 5.09. The standard InChI is InChI=1S/C20H14F5N5O/c21-19(22)6-7-30(18(31)28-14-9-26-11-27-10-14)17-15(19)4-5-16(29-17)12-2-1-3-13(8-12)20(23,24)25/h1-5,8-11H,6-7H2,(H,28,31). The molecule has 1 aliphatic rings. The fourth-order valence-corrected chi connectivity index (χ4v) is 3.20. The fourth-order valence-electron chi connectivity index (χ4n) is 3.20. The Morgan fingerprint density at radius 1 is 1.10 bits per heavy atom. The van der Waals surface area contributed by atoms with E-state index in [-0.39, 0.29) is 29.3 Å². The maximum atomic E-state index is 14.4. The summed E-state index contributed by atoms with van der Waals surface area (Å²) >= 11 is 0. The van der Waals surface area contributed by atoms with E-state index in [1.54, 1.807) is 0 Å². The van der Waals surface area contributed by atoms with E-state index in [1.165, 1.54) is 36.9 Å². The number of pyridine rings is 1. The molecule has 0 aliphatic carbocycles. The van der Waals surface area contributed by atoms with Crippen molar-refractivity contribution in [2.24, 2.45) is 0 Å². The van der Waals surface area contributed by atoms with Gasteiger partial charge in [-0.25, -0.2) is 28.5 Å². The average molecular weight is 435 g/mol. The van der Waals surface area contributed by atoms with Gasteiger partial charge in [0.05, 0.1) is 34.9 Å². The lowest BCUT2D eigenvalue weighted by molar-refractivity contribution is -0.137. The minimum absolute atomic E-state index is 0.0309. The molecule has 0 saturated heterocycles. The fraction of sp³-hybridized carbons (Fsp3) is 0.200. The van der Waals surface area contributed by atoms with Crippen LogP contribution in [0.15, 0.2) is 55.1 Å². The van der Waals surface area contributed by atoms with Gasteiger partial charge < -0.3 is 5.32 Å². The van der Waals surface area contributed by atoms with Crippen LogP contribution in [-0.4, -0.2) is 27.5 Å². The van der Waals surface area contributed by atoms with Crippen LogP contribution in [0.2, 0.25) is 0 Å². The van der Waals surface area contributed by atoms with Crippen LogP contribution in [0.4, 0.5) is 38.3 Å². The molecule has 0 radical (unpaired) electrons. The van der Waals surface area contributed by atoms with Crippen molar-refractivity contribution in [1.29, 1.82) is 0 Å². The van der Waals surface area contributed by atoms with Gasteiger partial charge in [0.25, 0.3) is 5.92 Å². The summed E-state index contributed by atoms with van der Waals surface area (Å²) in [4.78, 5) is 25.4. The molecule has 3 heterocycles. The first-order valence-corrected chi connectivity index (χ1v) is 9.06. The van der Waals surface area contributed by atoms with Crippen molar-refractivity contribution in [3.05, 3.63) is 66.2 Å². The highest BCUT2D eigenvalue weighted by Crippen LogP contribution is 2.42. The quantitative estimate of drug-likeness (QED) is 0.569. The van der Waals surface area contributed by atoms with E-state index in [4.69, 9.17) is 0 Å². The van der Waals surface area contributed by atoms with E-state index in [1.807, 2.05) is 0 Å². The highest BCUT2D eigenvalue weighted by molar-refractivity contribution is 6.02. The predicted molar refractivity (Wildman–Crippen MR) is 102 cm³/mol. The van der Waals surface area contributed by atoms with Gasteiger partial charge in [-0.15, -0.1) is 0 Å². The van der Waals surface area contributed by atoms with E-state index in [0.29, 0.717) is 0 Å². The average Bonchev–Trinajstić information content (AvgIpc) is 2.73. The van der Waals surface area contributed by atoms with Crippen LogP contribution in [0.1, 0.15) is 17.5 Å². The summed E-state index contributed by atoms with van der Waals surface area (Å²) in [7, 11) is 0. The summed E-state index contributed by atoms with van der Waals surface area (Å²) in [5, 5.41) is 2.50. The molecule has 0 spiro atoms. The zero-order chi connectivity index (χ0) is 22.2. The molecule has 3 aromatic rings. The van der Waals surface area contributed by atoms with Crippen LogP contribution in [0.5, 0.6) is 0 Å². The van der Waals surface area contributed by atoms with Gasteiger partial charge in [-0.2, -0.15) is 13.2 Å². The number of amides is 2. The molecular formula is C20H14F5N5O. The minimum atomic E-state index is -4.57. The normalized spacial score (nSPS) is 15.3. The monoisotopic (exact) mass is 435 g/mol. The molecule has 1 N–H and O–H groups in total. The Morgan fingerprint density at radius 3 is 2.55 bits per heavy atom. The number of anilines is 2. The molecule has 11 heteroatoms. The number of hydrogen-bond donors (Lipinski definition) is 1. The summed E-state index contributed by atoms with van der Waals surface area (Å²) in [6.45, 7) is -0.335. The van der Waals surface area contributed by atoms with E-state index in [2.05, 4.69) is 20.3 Å². The van der Waals surface area contributed by atoms with Gasteiger partial charge in [-0.05, 0) is 24.3 Å². The topological polar surface area (TPSA) is 71.0 Å². The number of benzene rings is 1. The molecule has 0 fully saturated rings. The molecule has 6 nitrogen and oxygen atoms in total. The van der Waals surface area contributed by atoms with Crippen LogP contribution >= 0.6 is 0 Å². The number of nitrogens with zero attached hydrogens (tertiary/aromatic N) is 4. The van der Waals surface area contributed by atoms with Crippen LogP contribution < -0.4 is 10.2 Å². The van der Waals surface area contributed by atoms with Gasteiger partial charge in [0.2, 0.25) is 0 Å². The third-order valence-corrected chi connectivity index (χ3v) is 4.72. The Kier molecular flexibility index (Phi) is 5.03. The van der Waals surface area contributed by atoms with Crippen molar-refractivity contribution >= 4 is 17.5 Å². The zero-order valence-corrected chi connectivity index (χ0v) is 15.7. The molecule has 4 rings (SSSR count). The van der Waals surface area contributed by atoms with E-state index < -0.39 is 35.7 Å². The maximum absolute atomic E-state index is 14.4. The molecule has 160 valence electrons. The Bertz CT molecular complexity index is 1120. The molecular weight excluding hydrogens is 421 g/mol. The van der Waals surface area contributed by atoms with Gasteiger partial charge in [0.1, 0.15) is 12.1 Å². The zero-order valence-electron chi connectivity index (χ0n) is 15.7. The molecule has 2 aromatic heterocycles. The SMILES string of the molecule is O=C(Nc1cncnc1)N1CCC(F)(F)c2ccc(-c3cccc(C(F)(F)F)c3)nc21. The number of carbonyl (C=O) groups is 1. The van der Waals surface area contributed by atoms with Crippen molar-refractivity contribution in [3.8, 4) is 11.3 Å². The highest BCUT2D eigenvalue weighted by Gasteiger charge is 2.42. The molecule has 0 unspecified atom stereocenters. The van der Waals surface area contributed by atoms with Crippen molar-refractivity contribution in [2.75, 3.05) is 16.8 Å². The summed E-state index contributed by atoms with van der Waals surface area (Å²) in [6, 6.07) is 5.93. The van der Waals surface area contributed by atoms with Crippen molar-refractivity contribution in [1.82, 2.24) is 15.0 Å². The summed E-state index contributed by atoms with van der Waals surface area (Å²) in [5.74, 6) is -3.55. The largest absolute Gasteiger partial charge is 0.416 e. The first-order chi connectivity index (χ1) is 14.6. The third kappa shape index (κ3) is 4.16. The van der Waals surface area contributed by atoms with E-state index >= 15 is 0 Å². The number of nitrogens with one attached hydrogen (secondary N) is 1. The second-order valence-electron chi connectivity index (χ2n) is 6.81. The van der Waals surface area contributed by atoms with Crippen LogP contribution in [0, 0.1) is 0 Å². The Balaban J connectivity index is 1.73. The molecule has 0 saturated carbocycles. The second kappa shape index (κ2) is 7.56. The Labute approximate surface area is 172 Å². The Morgan fingerprint density at radius 2 is 1.84 bits per heavy atom. The number of halogens is 5. The van der Waals surface area contributed by atoms with Crippen molar-refractivity contribution in [3.63, 3.8) is 0 Å². The molecule has 31 heavy (non-hydrogen) atoms. The van der Waals surface area contributed by atoms with Gasteiger partial charge in [-0.3, -0.25) is 4.90 Å². The smallest absolute Gasteiger partial charge is 0.305 e. The molecule has 1 aliphatic heterocycles. The molecule has 2 amide bonds. The van der Waals surface area contributed by atoms with Gasteiger partial charge >= 0.3 is 12.2 Å². The summed E-state index contributed by atoms with van der Waals surface area (Å²) in [6.07, 6.45) is -1.27. The van der Waals surface area contributed by atoms with Gasteiger partial charge in [-0.1, -0.05) is 12.1 Å². The summed E-state index contributed by atoms with van der Waals surface area (Å²) in [5.41, 5.74) is -1.00.